The minimum Gasteiger partial charge on any atom is -0.481 e. The summed E-state index contributed by atoms with van der Waals surface area (Å²) in [6, 6.07) is 0.662. The molecule has 15 heavy (non-hydrogen) atoms. The molecule has 1 fully saturated rings. The molecule has 0 radical (unpaired) electrons. The van der Waals surface area contributed by atoms with E-state index in [1.54, 1.807) is 0 Å². The average molecular weight is 213 g/mol. The molecule has 0 aromatic rings. The molecule has 1 aliphatic rings. The van der Waals surface area contributed by atoms with E-state index in [4.69, 9.17) is 5.11 Å². The van der Waals surface area contributed by atoms with Crippen molar-refractivity contribution in [3.05, 3.63) is 0 Å². The molecule has 1 aliphatic carbocycles. The summed E-state index contributed by atoms with van der Waals surface area (Å²) in [6.45, 7) is 7.55. The standard InChI is InChI=1S/C12H23NO2/c1-4-5-8-13(10-6-7-10)9-12(2,3)11(14)15/h10H,4-9H2,1-3H3,(H,14,15). The van der Waals surface area contributed by atoms with Gasteiger partial charge in [0.05, 0.1) is 5.41 Å². The number of aliphatic carboxylic acids is 1. The van der Waals surface area contributed by atoms with Crippen LogP contribution in [0.1, 0.15) is 46.5 Å². The van der Waals surface area contributed by atoms with Gasteiger partial charge in [0.2, 0.25) is 0 Å². The summed E-state index contributed by atoms with van der Waals surface area (Å²) in [6.07, 6.45) is 4.85. The van der Waals surface area contributed by atoms with Crippen LogP contribution in [0.5, 0.6) is 0 Å². The second-order valence-corrected chi connectivity index (χ2v) is 5.24. The van der Waals surface area contributed by atoms with Crippen molar-refractivity contribution in [2.45, 2.75) is 52.5 Å². The predicted molar refractivity (Wildman–Crippen MR) is 60.9 cm³/mol. The van der Waals surface area contributed by atoms with E-state index < -0.39 is 11.4 Å². The van der Waals surface area contributed by atoms with Gasteiger partial charge in [-0.3, -0.25) is 9.69 Å². The number of rotatable bonds is 7. The van der Waals surface area contributed by atoms with Gasteiger partial charge in [0.25, 0.3) is 0 Å². The molecule has 1 saturated carbocycles. The van der Waals surface area contributed by atoms with Gasteiger partial charge in [0, 0.05) is 12.6 Å². The molecule has 0 saturated heterocycles. The summed E-state index contributed by atoms with van der Waals surface area (Å²) in [4.78, 5) is 13.4. The summed E-state index contributed by atoms with van der Waals surface area (Å²) in [5.74, 6) is -0.690. The van der Waals surface area contributed by atoms with E-state index in [0.717, 1.165) is 6.54 Å². The van der Waals surface area contributed by atoms with Gasteiger partial charge in [0.1, 0.15) is 0 Å². The normalized spacial score (nSPS) is 17.1. The molecule has 0 amide bonds. The first-order valence-corrected chi connectivity index (χ1v) is 5.95. The van der Waals surface area contributed by atoms with Crippen LogP contribution < -0.4 is 0 Å². The van der Waals surface area contributed by atoms with Gasteiger partial charge >= 0.3 is 5.97 Å². The molecule has 3 nitrogen and oxygen atoms in total. The Hall–Kier alpha value is -0.570. The fourth-order valence-corrected chi connectivity index (χ4v) is 1.77. The molecule has 1 rings (SSSR count). The van der Waals surface area contributed by atoms with Crippen molar-refractivity contribution in [2.24, 2.45) is 5.41 Å². The molecule has 0 atom stereocenters. The van der Waals surface area contributed by atoms with Crippen molar-refractivity contribution in [3.63, 3.8) is 0 Å². The molecule has 88 valence electrons. The Morgan fingerprint density at radius 1 is 1.47 bits per heavy atom. The highest BCUT2D eigenvalue weighted by molar-refractivity contribution is 5.73. The molecule has 0 aromatic carbocycles. The number of hydrogen-bond acceptors (Lipinski definition) is 2. The topological polar surface area (TPSA) is 40.5 Å². The molecule has 0 aliphatic heterocycles. The van der Waals surface area contributed by atoms with Gasteiger partial charge in [-0.2, -0.15) is 0 Å². The molecule has 0 bridgehead atoms. The zero-order valence-corrected chi connectivity index (χ0v) is 10.1. The number of unbranched alkanes of at least 4 members (excludes halogenated alkanes) is 1. The van der Waals surface area contributed by atoms with E-state index in [2.05, 4.69) is 11.8 Å². The highest BCUT2D eigenvalue weighted by atomic mass is 16.4. The lowest BCUT2D eigenvalue weighted by molar-refractivity contribution is -0.148. The monoisotopic (exact) mass is 213 g/mol. The van der Waals surface area contributed by atoms with Gasteiger partial charge in [-0.15, -0.1) is 0 Å². The van der Waals surface area contributed by atoms with E-state index >= 15 is 0 Å². The summed E-state index contributed by atoms with van der Waals surface area (Å²) < 4.78 is 0. The summed E-state index contributed by atoms with van der Waals surface area (Å²) in [5.41, 5.74) is -0.615. The molecule has 0 aromatic heterocycles. The van der Waals surface area contributed by atoms with Crippen LogP contribution in [0.4, 0.5) is 0 Å². The Kier molecular flexibility index (Phi) is 4.14. The third kappa shape index (κ3) is 3.82. The number of carboxylic acid groups (broad SMARTS) is 1. The van der Waals surface area contributed by atoms with Gasteiger partial charge in [-0.25, -0.2) is 0 Å². The van der Waals surface area contributed by atoms with Crippen LogP contribution in [0.25, 0.3) is 0 Å². The number of nitrogens with zero attached hydrogens (tertiary/aromatic N) is 1. The first kappa shape index (κ1) is 12.5. The van der Waals surface area contributed by atoms with Gasteiger partial charge < -0.3 is 5.11 Å². The fourth-order valence-electron chi connectivity index (χ4n) is 1.77. The maximum Gasteiger partial charge on any atom is 0.310 e. The lowest BCUT2D eigenvalue weighted by Gasteiger charge is -2.29. The summed E-state index contributed by atoms with van der Waals surface area (Å²) in [7, 11) is 0. The van der Waals surface area contributed by atoms with E-state index in [-0.39, 0.29) is 0 Å². The lowest BCUT2D eigenvalue weighted by atomic mass is 9.93. The number of carboxylic acids is 1. The van der Waals surface area contributed by atoms with E-state index in [1.165, 1.54) is 25.7 Å². The number of carbonyl (C=O) groups is 1. The van der Waals surface area contributed by atoms with E-state index in [0.29, 0.717) is 12.6 Å². The van der Waals surface area contributed by atoms with Gasteiger partial charge in [0.15, 0.2) is 0 Å². The van der Waals surface area contributed by atoms with Crippen LogP contribution >= 0.6 is 0 Å². The van der Waals surface area contributed by atoms with Crippen molar-refractivity contribution in [2.75, 3.05) is 13.1 Å². The summed E-state index contributed by atoms with van der Waals surface area (Å²) in [5, 5.41) is 9.09. The number of hydrogen-bond donors (Lipinski definition) is 1. The van der Waals surface area contributed by atoms with Crippen molar-refractivity contribution in [1.82, 2.24) is 4.90 Å². The molecular weight excluding hydrogens is 190 g/mol. The van der Waals surface area contributed by atoms with Crippen LogP contribution in [-0.2, 0) is 4.79 Å². The predicted octanol–water partition coefficient (Wildman–Crippen LogP) is 2.36. The molecular formula is C12H23NO2. The SMILES string of the molecule is CCCCN(CC(C)(C)C(=O)O)C1CC1. The van der Waals surface area contributed by atoms with Gasteiger partial charge in [-0.05, 0) is 39.7 Å². The third-order valence-corrected chi connectivity index (χ3v) is 3.04. The second-order valence-electron chi connectivity index (χ2n) is 5.24. The van der Waals surface area contributed by atoms with Crippen LogP contribution in [0.2, 0.25) is 0 Å². The minimum absolute atomic E-state index is 0.615. The summed E-state index contributed by atoms with van der Waals surface area (Å²) >= 11 is 0. The molecule has 0 unspecified atom stereocenters. The highest BCUT2D eigenvalue weighted by Gasteiger charge is 2.35. The highest BCUT2D eigenvalue weighted by Crippen LogP contribution is 2.30. The smallest absolute Gasteiger partial charge is 0.310 e. The zero-order valence-electron chi connectivity index (χ0n) is 10.1. The first-order valence-electron chi connectivity index (χ1n) is 5.95. The van der Waals surface area contributed by atoms with Crippen LogP contribution in [0.15, 0.2) is 0 Å². The van der Waals surface area contributed by atoms with Crippen molar-refractivity contribution >= 4 is 5.97 Å². The Bertz CT molecular complexity index is 222. The maximum absolute atomic E-state index is 11.0. The maximum atomic E-state index is 11.0. The second kappa shape index (κ2) is 4.97. The lowest BCUT2D eigenvalue weighted by Crippen LogP contribution is -2.40. The van der Waals surface area contributed by atoms with E-state index in [9.17, 15) is 4.79 Å². The van der Waals surface area contributed by atoms with Crippen LogP contribution in [0, 0.1) is 5.41 Å². The van der Waals surface area contributed by atoms with Crippen molar-refractivity contribution < 1.29 is 9.90 Å². The average Bonchev–Trinajstić information content (AvgIpc) is 2.94. The largest absolute Gasteiger partial charge is 0.481 e. The molecule has 0 spiro atoms. The molecule has 0 heterocycles. The van der Waals surface area contributed by atoms with Crippen LogP contribution in [0.3, 0.4) is 0 Å². The van der Waals surface area contributed by atoms with Crippen molar-refractivity contribution in [1.29, 1.82) is 0 Å². The molecule has 3 heteroatoms. The first-order chi connectivity index (χ1) is 6.97. The Balaban J connectivity index is 2.46. The van der Waals surface area contributed by atoms with Gasteiger partial charge in [-0.1, -0.05) is 13.3 Å². The Morgan fingerprint density at radius 2 is 2.07 bits per heavy atom. The quantitative estimate of drug-likeness (QED) is 0.705. The fraction of sp³-hybridized carbons (Fsp3) is 0.917. The van der Waals surface area contributed by atoms with E-state index in [1.807, 2.05) is 13.8 Å². The zero-order chi connectivity index (χ0) is 11.5. The third-order valence-electron chi connectivity index (χ3n) is 3.04. The Morgan fingerprint density at radius 3 is 2.47 bits per heavy atom. The minimum atomic E-state index is -0.690. The van der Waals surface area contributed by atoms with Crippen molar-refractivity contribution in [3.8, 4) is 0 Å². The Labute approximate surface area is 92.5 Å². The molecule has 1 N–H and O–H groups in total. The van der Waals surface area contributed by atoms with Crippen LogP contribution in [-0.4, -0.2) is 35.1 Å².